The van der Waals surface area contributed by atoms with Crippen LogP contribution in [0, 0.1) is 5.92 Å². The number of nitrogens with one attached hydrogen (secondary N) is 2. The van der Waals surface area contributed by atoms with Gasteiger partial charge >= 0.3 is 0 Å². The van der Waals surface area contributed by atoms with Crippen molar-refractivity contribution in [1.82, 2.24) is 15.5 Å². The number of fused-ring (bicyclic) bond motifs is 3. The van der Waals surface area contributed by atoms with E-state index in [1.165, 1.54) is 5.56 Å². The van der Waals surface area contributed by atoms with Crippen molar-refractivity contribution in [1.29, 1.82) is 0 Å². The standard InChI is InChI=1S/C28H35N3O3S/c1-5-18(2)22(24(32)29-17-11-14-19-12-7-6-8-13-19)30-25(33)23-28(3,4)35-27-21-16-10-9-15-20(21)26(34)31(23)27/h6-10,12-13,15-16,18,22-23,27H,5,11,14,17H2,1-4H3,(H,29,32)(H,30,33). The molecule has 2 aromatic rings. The summed E-state index contributed by atoms with van der Waals surface area (Å²) in [7, 11) is 0. The number of carbonyl (C=O) groups is 3. The molecule has 0 bridgehead atoms. The summed E-state index contributed by atoms with van der Waals surface area (Å²) in [6.07, 6.45) is 2.46. The molecule has 0 saturated carbocycles. The van der Waals surface area contributed by atoms with Crippen LogP contribution in [0.15, 0.2) is 54.6 Å². The lowest BCUT2D eigenvalue weighted by atomic mass is 9.95. The predicted octanol–water partition coefficient (Wildman–Crippen LogP) is 4.31. The summed E-state index contributed by atoms with van der Waals surface area (Å²) in [5.41, 5.74) is 2.86. The molecule has 0 aliphatic carbocycles. The minimum Gasteiger partial charge on any atom is -0.354 e. The van der Waals surface area contributed by atoms with Crippen LogP contribution < -0.4 is 10.6 Å². The van der Waals surface area contributed by atoms with Crippen LogP contribution in [0.4, 0.5) is 0 Å². The number of benzene rings is 2. The molecular formula is C28H35N3O3S. The van der Waals surface area contributed by atoms with Gasteiger partial charge < -0.3 is 15.5 Å². The van der Waals surface area contributed by atoms with E-state index in [9.17, 15) is 14.4 Å². The van der Waals surface area contributed by atoms with E-state index in [0.29, 0.717) is 12.1 Å². The molecule has 4 rings (SSSR count). The minimum absolute atomic E-state index is 0.0347. The fourth-order valence-corrected chi connectivity index (χ4v) is 6.59. The van der Waals surface area contributed by atoms with Gasteiger partial charge in [0.25, 0.3) is 5.91 Å². The SMILES string of the molecule is CCC(C)C(NC(=O)C1N2C(=O)c3ccccc3C2SC1(C)C)C(=O)NCCCc1ccccc1. The van der Waals surface area contributed by atoms with Gasteiger partial charge in [0, 0.05) is 16.9 Å². The second-order valence-corrected chi connectivity index (χ2v) is 11.8. The van der Waals surface area contributed by atoms with Crippen molar-refractivity contribution in [2.45, 2.75) is 69.2 Å². The number of hydrogen-bond acceptors (Lipinski definition) is 4. The molecule has 2 aromatic carbocycles. The highest BCUT2D eigenvalue weighted by molar-refractivity contribution is 8.01. The van der Waals surface area contributed by atoms with Crippen LogP contribution in [-0.4, -0.2) is 46.0 Å². The van der Waals surface area contributed by atoms with Crippen LogP contribution in [0.25, 0.3) is 0 Å². The molecular weight excluding hydrogens is 458 g/mol. The fourth-order valence-electron chi connectivity index (χ4n) is 5.00. The first-order chi connectivity index (χ1) is 16.7. The lowest BCUT2D eigenvalue weighted by Crippen LogP contribution is -2.58. The molecule has 2 heterocycles. The maximum absolute atomic E-state index is 13.7. The van der Waals surface area contributed by atoms with E-state index in [1.54, 1.807) is 16.7 Å². The number of amides is 3. The zero-order chi connectivity index (χ0) is 25.2. The van der Waals surface area contributed by atoms with Crippen molar-refractivity contribution in [2.75, 3.05) is 6.54 Å². The molecule has 4 unspecified atom stereocenters. The van der Waals surface area contributed by atoms with Crippen molar-refractivity contribution in [3.05, 3.63) is 71.3 Å². The average Bonchev–Trinajstić information content (AvgIpc) is 3.29. The Labute approximate surface area is 212 Å². The molecule has 2 aliphatic rings. The number of rotatable bonds is 9. The molecule has 1 fully saturated rings. The van der Waals surface area contributed by atoms with Crippen molar-refractivity contribution < 1.29 is 14.4 Å². The second-order valence-electron chi connectivity index (χ2n) is 10.0. The Balaban J connectivity index is 1.43. The summed E-state index contributed by atoms with van der Waals surface area (Å²) in [6.45, 7) is 8.53. The third-order valence-corrected chi connectivity index (χ3v) is 8.66. The Morgan fingerprint density at radius 2 is 1.77 bits per heavy atom. The average molecular weight is 494 g/mol. The largest absolute Gasteiger partial charge is 0.354 e. The molecule has 2 N–H and O–H groups in total. The van der Waals surface area contributed by atoms with Gasteiger partial charge in [-0.25, -0.2) is 0 Å². The lowest BCUT2D eigenvalue weighted by molar-refractivity contribution is -0.133. The van der Waals surface area contributed by atoms with Gasteiger partial charge in [-0.05, 0) is 49.8 Å². The van der Waals surface area contributed by atoms with E-state index in [2.05, 4.69) is 22.8 Å². The van der Waals surface area contributed by atoms with Crippen molar-refractivity contribution in [2.24, 2.45) is 5.92 Å². The maximum Gasteiger partial charge on any atom is 0.256 e. The summed E-state index contributed by atoms with van der Waals surface area (Å²) in [6, 6.07) is 16.4. The first kappa shape index (κ1) is 25.3. The number of aryl methyl sites for hydroxylation is 1. The van der Waals surface area contributed by atoms with Crippen LogP contribution in [0.1, 0.15) is 67.4 Å². The predicted molar refractivity (Wildman–Crippen MR) is 140 cm³/mol. The molecule has 0 spiro atoms. The summed E-state index contributed by atoms with van der Waals surface area (Å²) in [4.78, 5) is 41.7. The smallest absolute Gasteiger partial charge is 0.256 e. The topological polar surface area (TPSA) is 78.5 Å². The molecule has 7 heteroatoms. The minimum atomic E-state index is -0.658. The Kier molecular flexibility index (Phi) is 7.55. The van der Waals surface area contributed by atoms with Crippen LogP contribution in [-0.2, 0) is 16.0 Å². The van der Waals surface area contributed by atoms with Crippen LogP contribution >= 0.6 is 11.8 Å². The van der Waals surface area contributed by atoms with Crippen LogP contribution in [0.2, 0.25) is 0 Å². The molecule has 1 saturated heterocycles. The van der Waals surface area contributed by atoms with Gasteiger partial charge in [-0.2, -0.15) is 0 Å². The van der Waals surface area contributed by atoms with Gasteiger partial charge in [-0.15, -0.1) is 11.8 Å². The van der Waals surface area contributed by atoms with Gasteiger partial charge in [-0.3, -0.25) is 14.4 Å². The molecule has 2 aliphatic heterocycles. The number of nitrogens with zero attached hydrogens (tertiary/aromatic N) is 1. The van der Waals surface area contributed by atoms with E-state index in [0.717, 1.165) is 24.8 Å². The first-order valence-corrected chi connectivity index (χ1v) is 13.3. The number of thioether (sulfide) groups is 1. The first-order valence-electron chi connectivity index (χ1n) is 12.5. The Morgan fingerprint density at radius 3 is 2.49 bits per heavy atom. The molecule has 6 nitrogen and oxygen atoms in total. The molecule has 0 aromatic heterocycles. The van der Waals surface area contributed by atoms with E-state index < -0.39 is 16.8 Å². The molecule has 35 heavy (non-hydrogen) atoms. The second kappa shape index (κ2) is 10.4. The van der Waals surface area contributed by atoms with E-state index in [4.69, 9.17) is 0 Å². The quantitative estimate of drug-likeness (QED) is 0.510. The van der Waals surface area contributed by atoms with Gasteiger partial charge in [-0.1, -0.05) is 68.8 Å². The maximum atomic E-state index is 13.7. The highest BCUT2D eigenvalue weighted by atomic mass is 32.2. The van der Waals surface area contributed by atoms with Crippen LogP contribution in [0.3, 0.4) is 0 Å². The third kappa shape index (κ3) is 5.10. The fraction of sp³-hybridized carbons (Fsp3) is 0.464. The van der Waals surface area contributed by atoms with Gasteiger partial charge in [0.15, 0.2) is 0 Å². The monoisotopic (exact) mass is 493 g/mol. The summed E-state index contributed by atoms with van der Waals surface area (Å²) >= 11 is 1.63. The van der Waals surface area contributed by atoms with E-state index in [-0.39, 0.29) is 29.0 Å². The molecule has 186 valence electrons. The normalized spacial score (nSPS) is 21.7. The molecule has 3 amide bonds. The van der Waals surface area contributed by atoms with E-state index >= 15 is 0 Å². The zero-order valence-electron chi connectivity index (χ0n) is 20.9. The van der Waals surface area contributed by atoms with Crippen molar-refractivity contribution >= 4 is 29.5 Å². The number of carbonyl (C=O) groups excluding carboxylic acids is 3. The lowest BCUT2D eigenvalue weighted by Gasteiger charge is -2.32. The van der Waals surface area contributed by atoms with E-state index in [1.807, 2.05) is 70.2 Å². The summed E-state index contributed by atoms with van der Waals surface area (Å²) < 4.78 is -0.482. The third-order valence-electron chi connectivity index (χ3n) is 7.12. The van der Waals surface area contributed by atoms with Gasteiger partial charge in [0.1, 0.15) is 17.5 Å². The Hall–Kier alpha value is -2.80. The highest BCUT2D eigenvalue weighted by Gasteiger charge is 2.57. The molecule has 0 radical (unpaired) electrons. The number of hydrogen-bond donors (Lipinski definition) is 2. The summed E-state index contributed by atoms with van der Waals surface area (Å²) in [5.74, 6) is -0.588. The Morgan fingerprint density at radius 1 is 1.09 bits per heavy atom. The van der Waals surface area contributed by atoms with Crippen LogP contribution in [0.5, 0.6) is 0 Å². The van der Waals surface area contributed by atoms with Crippen molar-refractivity contribution in [3.8, 4) is 0 Å². The van der Waals surface area contributed by atoms with Gasteiger partial charge in [0.2, 0.25) is 11.8 Å². The molecule has 4 atom stereocenters. The Bertz CT molecular complexity index is 1090. The summed E-state index contributed by atoms with van der Waals surface area (Å²) in [5, 5.41) is 5.86. The van der Waals surface area contributed by atoms with Gasteiger partial charge in [0.05, 0.1) is 0 Å². The van der Waals surface area contributed by atoms with Crippen molar-refractivity contribution in [3.63, 3.8) is 0 Å². The highest BCUT2D eigenvalue weighted by Crippen LogP contribution is 2.56. The zero-order valence-corrected chi connectivity index (χ0v) is 21.7.